The number of piperazine rings is 1. The summed E-state index contributed by atoms with van der Waals surface area (Å²) in [5, 5.41) is 13.7. The maximum atomic E-state index is 13.5. The van der Waals surface area contributed by atoms with E-state index in [4.69, 9.17) is 0 Å². The third-order valence-corrected chi connectivity index (χ3v) is 6.05. The number of aromatic nitrogens is 1. The summed E-state index contributed by atoms with van der Waals surface area (Å²) < 4.78 is 40.5. The number of aromatic hydroxyl groups is 1. The van der Waals surface area contributed by atoms with Crippen LogP contribution >= 0.6 is 0 Å². The number of nitrogens with one attached hydrogen (secondary N) is 1. The molecule has 32 heavy (non-hydrogen) atoms. The summed E-state index contributed by atoms with van der Waals surface area (Å²) in [6, 6.07) is 9.39. The average molecular weight is 445 g/mol. The Morgan fingerprint density at radius 2 is 1.81 bits per heavy atom. The Labute approximate surface area is 185 Å². The van der Waals surface area contributed by atoms with Crippen molar-refractivity contribution in [2.75, 3.05) is 42.9 Å². The van der Waals surface area contributed by atoms with Gasteiger partial charge in [0.05, 0.1) is 23.0 Å². The summed E-state index contributed by atoms with van der Waals surface area (Å²) in [5.41, 5.74) is 2.36. The molecule has 170 valence electrons. The van der Waals surface area contributed by atoms with Crippen molar-refractivity contribution < 1.29 is 18.3 Å². The molecule has 1 saturated heterocycles. The standard InChI is InChI=1S/C24H27F3N4O/c1-3-30-6-8-31(9-7-30)19-13-20-21(28-14-17-5-4-16(2)23(32)10-17)11-18(24(25,26)27)12-22(20)29-15-19/h4-5,10-13,15,28,32H,3,6-9,14H2,1-2H3. The molecule has 1 fully saturated rings. The molecule has 0 radical (unpaired) electrons. The molecule has 2 aromatic carbocycles. The third kappa shape index (κ3) is 4.75. The van der Waals surface area contributed by atoms with Gasteiger partial charge in [-0.15, -0.1) is 0 Å². The second-order valence-electron chi connectivity index (χ2n) is 8.18. The SMILES string of the molecule is CCN1CCN(c2cnc3cc(C(F)(F)F)cc(NCc4ccc(C)c(O)c4)c3c2)CC1. The van der Waals surface area contributed by atoms with Gasteiger partial charge in [0.25, 0.3) is 0 Å². The minimum atomic E-state index is -4.47. The monoisotopic (exact) mass is 444 g/mol. The lowest BCUT2D eigenvalue weighted by atomic mass is 10.1. The summed E-state index contributed by atoms with van der Waals surface area (Å²) in [4.78, 5) is 8.96. The van der Waals surface area contributed by atoms with Crippen LogP contribution < -0.4 is 10.2 Å². The van der Waals surface area contributed by atoms with Crippen LogP contribution in [0.5, 0.6) is 5.75 Å². The van der Waals surface area contributed by atoms with Crippen LogP contribution in [0.3, 0.4) is 0 Å². The van der Waals surface area contributed by atoms with E-state index in [9.17, 15) is 18.3 Å². The Morgan fingerprint density at radius 3 is 2.47 bits per heavy atom. The van der Waals surface area contributed by atoms with E-state index in [1.54, 1.807) is 25.3 Å². The maximum Gasteiger partial charge on any atom is 0.416 e. The van der Waals surface area contributed by atoms with E-state index in [0.29, 0.717) is 16.6 Å². The minimum absolute atomic E-state index is 0.161. The zero-order valence-electron chi connectivity index (χ0n) is 18.2. The number of likely N-dealkylation sites (N-methyl/N-ethyl adjacent to an activating group) is 1. The molecule has 0 aliphatic carbocycles. The lowest BCUT2D eigenvalue weighted by Crippen LogP contribution is -2.46. The predicted molar refractivity (Wildman–Crippen MR) is 121 cm³/mol. The number of rotatable bonds is 5. The summed E-state index contributed by atoms with van der Waals surface area (Å²) in [6.07, 6.45) is -2.81. The highest BCUT2D eigenvalue weighted by Gasteiger charge is 2.31. The van der Waals surface area contributed by atoms with Crippen LogP contribution in [0, 0.1) is 6.92 Å². The number of pyridine rings is 1. The Balaban J connectivity index is 1.67. The molecule has 0 spiro atoms. The van der Waals surface area contributed by atoms with Crippen molar-refractivity contribution in [3.05, 3.63) is 59.3 Å². The fourth-order valence-corrected chi connectivity index (χ4v) is 3.98. The van der Waals surface area contributed by atoms with E-state index in [1.807, 2.05) is 12.1 Å². The van der Waals surface area contributed by atoms with Crippen molar-refractivity contribution in [2.24, 2.45) is 0 Å². The molecule has 5 nitrogen and oxygen atoms in total. The first-order chi connectivity index (χ1) is 15.2. The van der Waals surface area contributed by atoms with Crippen LogP contribution in [-0.4, -0.2) is 47.7 Å². The summed E-state index contributed by atoms with van der Waals surface area (Å²) >= 11 is 0. The van der Waals surface area contributed by atoms with E-state index in [0.717, 1.165) is 61.7 Å². The van der Waals surface area contributed by atoms with Gasteiger partial charge in [-0.3, -0.25) is 4.98 Å². The number of alkyl halides is 3. The predicted octanol–water partition coefficient (Wildman–Crippen LogP) is 5.02. The zero-order chi connectivity index (χ0) is 22.9. The number of aryl methyl sites for hydroxylation is 1. The smallest absolute Gasteiger partial charge is 0.416 e. The molecule has 8 heteroatoms. The number of phenols is 1. The maximum absolute atomic E-state index is 13.5. The van der Waals surface area contributed by atoms with E-state index >= 15 is 0 Å². The Bertz CT molecular complexity index is 1110. The Morgan fingerprint density at radius 1 is 1.06 bits per heavy atom. The number of nitrogens with zero attached hydrogens (tertiary/aromatic N) is 3. The topological polar surface area (TPSA) is 51.6 Å². The molecule has 0 bridgehead atoms. The quantitative estimate of drug-likeness (QED) is 0.579. The first-order valence-corrected chi connectivity index (χ1v) is 10.8. The normalized spacial score (nSPS) is 15.3. The lowest BCUT2D eigenvalue weighted by molar-refractivity contribution is -0.137. The molecule has 0 unspecified atom stereocenters. The third-order valence-electron chi connectivity index (χ3n) is 6.05. The van der Waals surface area contributed by atoms with Gasteiger partial charge in [-0.25, -0.2) is 0 Å². The van der Waals surface area contributed by atoms with Crippen molar-refractivity contribution in [1.29, 1.82) is 0 Å². The van der Waals surface area contributed by atoms with Crippen molar-refractivity contribution in [2.45, 2.75) is 26.6 Å². The van der Waals surface area contributed by atoms with Gasteiger partial charge >= 0.3 is 6.18 Å². The molecule has 2 heterocycles. The van der Waals surface area contributed by atoms with Gasteiger partial charge in [0.2, 0.25) is 0 Å². The number of fused-ring (bicyclic) bond motifs is 1. The molecule has 2 N–H and O–H groups in total. The number of halogens is 3. The average Bonchev–Trinajstić information content (AvgIpc) is 2.78. The Kier molecular flexibility index (Phi) is 6.15. The molecule has 0 saturated carbocycles. The molecule has 0 amide bonds. The van der Waals surface area contributed by atoms with E-state index in [-0.39, 0.29) is 12.3 Å². The molecular weight excluding hydrogens is 417 g/mol. The van der Waals surface area contributed by atoms with Crippen molar-refractivity contribution in [1.82, 2.24) is 9.88 Å². The molecule has 1 aliphatic rings. The van der Waals surface area contributed by atoms with Crippen molar-refractivity contribution >= 4 is 22.3 Å². The van der Waals surface area contributed by atoms with Gasteiger partial charge in [0, 0.05) is 43.8 Å². The second kappa shape index (κ2) is 8.86. The second-order valence-corrected chi connectivity index (χ2v) is 8.18. The van der Waals surface area contributed by atoms with E-state index in [1.165, 1.54) is 0 Å². The van der Waals surface area contributed by atoms with Crippen LogP contribution in [0.1, 0.15) is 23.6 Å². The van der Waals surface area contributed by atoms with Crippen LogP contribution in [-0.2, 0) is 12.7 Å². The fourth-order valence-electron chi connectivity index (χ4n) is 3.98. The van der Waals surface area contributed by atoms with Crippen LogP contribution in [0.2, 0.25) is 0 Å². The highest BCUT2D eigenvalue weighted by atomic mass is 19.4. The van der Waals surface area contributed by atoms with Gasteiger partial charge in [0.1, 0.15) is 5.75 Å². The molecule has 3 aromatic rings. The highest BCUT2D eigenvalue weighted by molar-refractivity contribution is 5.94. The van der Waals surface area contributed by atoms with Gasteiger partial charge < -0.3 is 20.2 Å². The van der Waals surface area contributed by atoms with E-state index < -0.39 is 11.7 Å². The Hall–Kier alpha value is -3.00. The summed E-state index contributed by atoms with van der Waals surface area (Å²) in [6.45, 7) is 8.82. The lowest BCUT2D eigenvalue weighted by Gasteiger charge is -2.35. The fraction of sp³-hybridized carbons (Fsp3) is 0.375. The molecular formula is C24H27F3N4O. The van der Waals surface area contributed by atoms with Gasteiger partial charge in [-0.1, -0.05) is 19.1 Å². The molecule has 0 atom stereocenters. The van der Waals surface area contributed by atoms with Gasteiger partial charge in [-0.05, 0) is 48.9 Å². The van der Waals surface area contributed by atoms with Gasteiger partial charge in [-0.2, -0.15) is 13.2 Å². The first kappa shape index (κ1) is 22.2. The number of phenolic OH excluding ortho intramolecular Hbond substituents is 1. The van der Waals surface area contributed by atoms with E-state index in [2.05, 4.69) is 27.0 Å². The largest absolute Gasteiger partial charge is 0.508 e. The van der Waals surface area contributed by atoms with Crippen LogP contribution in [0.4, 0.5) is 24.5 Å². The highest BCUT2D eigenvalue weighted by Crippen LogP contribution is 2.36. The molecule has 1 aliphatic heterocycles. The number of hydrogen-bond donors (Lipinski definition) is 2. The number of hydrogen-bond acceptors (Lipinski definition) is 5. The summed E-state index contributed by atoms with van der Waals surface area (Å²) in [7, 11) is 0. The van der Waals surface area contributed by atoms with Crippen LogP contribution in [0.25, 0.3) is 10.9 Å². The van der Waals surface area contributed by atoms with Gasteiger partial charge in [0.15, 0.2) is 0 Å². The van der Waals surface area contributed by atoms with Crippen molar-refractivity contribution in [3.8, 4) is 5.75 Å². The minimum Gasteiger partial charge on any atom is -0.508 e. The van der Waals surface area contributed by atoms with Crippen molar-refractivity contribution in [3.63, 3.8) is 0 Å². The zero-order valence-corrected chi connectivity index (χ0v) is 18.2. The molecule has 1 aromatic heterocycles. The first-order valence-electron chi connectivity index (χ1n) is 10.8. The number of anilines is 2. The number of benzene rings is 2. The van der Waals surface area contributed by atoms with Crippen LogP contribution in [0.15, 0.2) is 42.6 Å². The molecule has 4 rings (SSSR count). The summed E-state index contributed by atoms with van der Waals surface area (Å²) in [5.74, 6) is 0.161.